The first-order valence-corrected chi connectivity index (χ1v) is 6.18. The van der Waals surface area contributed by atoms with Gasteiger partial charge in [-0.25, -0.2) is 0 Å². The molecule has 2 aliphatic heterocycles. The smallest absolute Gasteiger partial charge is 0.0732 e. The Morgan fingerprint density at radius 2 is 2.14 bits per heavy atom. The van der Waals surface area contributed by atoms with Crippen LogP contribution in [0.25, 0.3) is 0 Å². The van der Waals surface area contributed by atoms with Crippen molar-refractivity contribution in [3.05, 3.63) is 0 Å². The minimum Gasteiger partial charge on any atom is -0.373 e. The maximum absolute atomic E-state index is 6.04. The summed E-state index contributed by atoms with van der Waals surface area (Å²) in [5.74, 6) is 0.880. The van der Waals surface area contributed by atoms with Crippen LogP contribution < -0.4 is 5.32 Å². The predicted molar refractivity (Wildman–Crippen MR) is 58.4 cm³/mol. The molecule has 2 heterocycles. The summed E-state index contributed by atoms with van der Waals surface area (Å²) in [6.07, 6.45) is 7.40. The van der Waals surface area contributed by atoms with E-state index in [2.05, 4.69) is 19.2 Å². The molecular weight excluding hydrogens is 174 g/mol. The van der Waals surface area contributed by atoms with E-state index in [1.807, 2.05) is 0 Å². The van der Waals surface area contributed by atoms with Gasteiger partial charge in [0.2, 0.25) is 0 Å². The maximum Gasteiger partial charge on any atom is 0.0732 e. The van der Waals surface area contributed by atoms with Crippen molar-refractivity contribution in [3.8, 4) is 0 Å². The van der Waals surface area contributed by atoms with Crippen molar-refractivity contribution in [1.29, 1.82) is 0 Å². The van der Waals surface area contributed by atoms with Gasteiger partial charge in [-0.3, -0.25) is 0 Å². The molecule has 4 atom stereocenters. The summed E-state index contributed by atoms with van der Waals surface area (Å²) in [6, 6.07) is 0.635. The van der Waals surface area contributed by atoms with Gasteiger partial charge in [-0.15, -0.1) is 0 Å². The topological polar surface area (TPSA) is 21.3 Å². The molecule has 0 unspecified atom stereocenters. The van der Waals surface area contributed by atoms with Gasteiger partial charge >= 0.3 is 0 Å². The summed E-state index contributed by atoms with van der Waals surface area (Å²) >= 11 is 0. The molecule has 2 fully saturated rings. The third kappa shape index (κ3) is 2.29. The van der Waals surface area contributed by atoms with Crippen LogP contribution in [0.2, 0.25) is 0 Å². The average Bonchev–Trinajstić information content (AvgIpc) is 2.66. The Bertz CT molecular complexity index is 183. The third-order valence-corrected chi connectivity index (χ3v) is 3.74. The molecule has 0 aromatic heterocycles. The van der Waals surface area contributed by atoms with Crippen molar-refractivity contribution < 1.29 is 4.74 Å². The molecule has 0 aromatic rings. The van der Waals surface area contributed by atoms with E-state index in [-0.39, 0.29) is 0 Å². The Morgan fingerprint density at radius 3 is 2.79 bits per heavy atom. The van der Waals surface area contributed by atoms with E-state index >= 15 is 0 Å². The van der Waals surface area contributed by atoms with E-state index in [1.165, 1.54) is 38.6 Å². The molecule has 2 nitrogen and oxygen atoms in total. The average molecular weight is 197 g/mol. The first-order valence-electron chi connectivity index (χ1n) is 6.18. The van der Waals surface area contributed by atoms with Crippen molar-refractivity contribution in [2.45, 2.75) is 64.2 Å². The molecule has 2 heteroatoms. The predicted octanol–water partition coefficient (Wildman–Crippen LogP) is 2.33. The van der Waals surface area contributed by atoms with E-state index in [1.54, 1.807) is 0 Å². The number of hydrogen-bond donors (Lipinski definition) is 1. The van der Waals surface area contributed by atoms with Gasteiger partial charge in [-0.05, 0) is 44.6 Å². The summed E-state index contributed by atoms with van der Waals surface area (Å²) in [6.45, 7) is 5.77. The van der Waals surface area contributed by atoms with Gasteiger partial charge < -0.3 is 10.1 Å². The van der Waals surface area contributed by atoms with Gasteiger partial charge in [0.15, 0.2) is 0 Å². The molecule has 0 bridgehead atoms. The largest absolute Gasteiger partial charge is 0.373 e. The lowest BCUT2D eigenvalue weighted by Crippen LogP contribution is -2.45. The Balaban J connectivity index is 1.83. The molecular formula is C12H23NO. The number of rotatable bonds is 2. The minimum atomic E-state index is 0.502. The molecule has 2 saturated heterocycles. The summed E-state index contributed by atoms with van der Waals surface area (Å²) in [7, 11) is 0. The number of piperidine rings is 1. The quantitative estimate of drug-likeness (QED) is 0.733. The SMILES string of the molecule is CC[C@H]1CC[C@H]([C@@H]2C[C@H](C)CCN2)O1. The highest BCUT2D eigenvalue weighted by Crippen LogP contribution is 2.28. The highest BCUT2D eigenvalue weighted by atomic mass is 16.5. The van der Waals surface area contributed by atoms with Crippen LogP contribution in [0, 0.1) is 5.92 Å². The van der Waals surface area contributed by atoms with Gasteiger partial charge in [0.25, 0.3) is 0 Å². The Hall–Kier alpha value is -0.0800. The van der Waals surface area contributed by atoms with Crippen LogP contribution in [0.3, 0.4) is 0 Å². The molecule has 0 aliphatic carbocycles. The third-order valence-electron chi connectivity index (χ3n) is 3.74. The highest BCUT2D eigenvalue weighted by molar-refractivity contribution is 4.87. The van der Waals surface area contributed by atoms with Crippen LogP contribution in [0.1, 0.15) is 46.0 Å². The minimum absolute atomic E-state index is 0.502. The molecule has 0 aromatic carbocycles. The number of hydrogen-bond acceptors (Lipinski definition) is 2. The zero-order chi connectivity index (χ0) is 9.97. The van der Waals surface area contributed by atoms with Crippen LogP contribution in [0.4, 0.5) is 0 Å². The van der Waals surface area contributed by atoms with Crippen LogP contribution in [-0.2, 0) is 4.74 Å². The van der Waals surface area contributed by atoms with E-state index in [9.17, 15) is 0 Å². The van der Waals surface area contributed by atoms with E-state index in [4.69, 9.17) is 4.74 Å². The summed E-state index contributed by atoms with van der Waals surface area (Å²) in [5.41, 5.74) is 0. The zero-order valence-electron chi connectivity index (χ0n) is 9.46. The van der Waals surface area contributed by atoms with Crippen LogP contribution in [-0.4, -0.2) is 24.8 Å². The molecule has 0 spiro atoms. The van der Waals surface area contributed by atoms with Crippen molar-refractivity contribution in [2.75, 3.05) is 6.54 Å². The summed E-state index contributed by atoms with van der Waals surface area (Å²) in [4.78, 5) is 0. The fourth-order valence-corrected chi connectivity index (χ4v) is 2.76. The van der Waals surface area contributed by atoms with Gasteiger partial charge in [0.1, 0.15) is 0 Å². The van der Waals surface area contributed by atoms with Gasteiger partial charge in [0.05, 0.1) is 12.2 Å². The second kappa shape index (κ2) is 4.63. The fraction of sp³-hybridized carbons (Fsp3) is 1.00. The van der Waals surface area contributed by atoms with E-state index in [0.717, 1.165) is 5.92 Å². The Labute approximate surface area is 87.4 Å². The first-order chi connectivity index (χ1) is 6.79. The van der Waals surface area contributed by atoms with Crippen molar-refractivity contribution >= 4 is 0 Å². The molecule has 0 radical (unpaired) electrons. The molecule has 0 amide bonds. The lowest BCUT2D eigenvalue weighted by molar-refractivity contribution is 0.0114. The number of ether oxygens (including phenoxy) is 1. The van der Waals surface area contributed by atoms with Crippen LogP contribution >= 0.6 is 0 Å². The standard InChI is InChI=1S/C12H23NO/c1-3-10-4-5-12(14-10)11-8-9(2)6-7-13-11/h9-13H,3-8H2,1-2H3/t9-,10+,11+,12-/m1/s1. The first kappa shape index (κ1) is 10.4. The summed E-state index contributed by atoms with van der Waals surface area (Å²) < 4.78 is 6.04. The van der Waals surface area contributed by atoms with Crippen LogP contribution in [0.5, 0.6) is 0 Å². The molecule has 14 heavy (non-hydrogen) atoms. The van der Waals surface area contributed by atoms with Gasteiger partial charge in [-0.1, -0.05) is 13.8 Å². The normalized spacial score (nSPS) is 44.1. The van der Waals surface area contributed by atoms with Gasteiger partial charge in [0, 0.05) is 6.04 Å². The molecule has 1 N–H and O–H groups in total. The van der Waals surface area contributed by atoms with Gasteiger partial charge in [-0.2, -0.15) is 0 Å². The van der Waals surface area contributed by atoms with E-state index < -0.39 is 0 Å². The van der Waals surface area contributed by atoms with Crippen molar-refractivity contribution in [1.82, 2.24) is 5.32 Å². The molecule has 2 aliphatic rings. The monoisotopic (exact) mass is 197 g/mol. The van der Waals surface area contributed by atoms with E-state index in [0.29, 0.717) is 18.2 Å². The maximum atomic E-state index is 6.04. The highest BCUT2D eigenvalue weighted by Gasteiger charge is 2.32. The Morgan fingerprint density at radius 1 is 1.29 bits per heavy atom. The Kier molecular flexibility index (Phi) is 3.45. The zero-order valence-corrected chi connectivity index (χ0v) is 9.46. The van der Waals surface area contributed by atoms with Crippen molar-refractivity contribution in [3.63, 3.8) is 0 Å². The number of nitrogens with one attached hydrogen (secondary N) is 1. The fourth-order valence-electron chi connectivity index (χ4n) is 2.76. The molecule has 82 valence electrons. The second-order valence-electron chi connectivity index (χ2n) is 4.97. The second-order valence-corrected chi connectivity index (χ2v) is 4.97. The van der Waals surface area contributed by atoms with Crippen molar-refractivity contribution in [2.24, 2.45) is 5.92 Å². The lowest BCUT2D eigenvalue weighted by Gasteiger charge is -2.32. The molecule has 2 rings (SSSR count). The molecule has 0 saturated carbocycles. The van der Waals surface area contributed by atoms with Crippen LogP contribution in [0.15, 0.2) is 0 Å². The lowest BCUT2D eigenvalue weighted by atomic mass is 9.90. The summed E-state index contributed by atoms with van der Waals surface area (Å²) in [5, 5.41) is 3.61.